The monoisotopic (exact) mass is 333 g/mol. The number of nitrogens with zero attached hydrogens (tertiary/aromatic N) is 4. The average molecular weight is 333 g/mol. The first-order valence-corrected chi connectivity index (χ1v) is 7.98. The van der Waals surface area contributed by atoms with E-state index in [1.807, 2.05) is 34.1 Å². The molecule has 1 N–H and O–H groups in total. The highest BCUT2D eigenvalue weighted by molar-refractivity contribution is 5.78. The predicted molar refractivity (Wildman–Crippen MR) is 86.6 cm³/mol. The minimum Gasteiger partial charge on any atom is -0.480 e. The zero-order valence-electron chi connectivity index (χ0n) is 14.4. The molecular formula is C16H23N5O3. The molecule has 0 aliphatic carbocycles. The predicted octanol–water partition coefficient (Wildman–Crippen LogP) is 0.796. The second-order valence-corrected chi connectivity index (χ2v) is 6.11. The van der Waals surface area contributed by atoms with Crippen molar-refractivity contribution >= 4 is 5.91 Å². The van der Waals surface area contributed by atoms with Crippen LogP contribution in [0.3, 0.4) is 0 Å². The van der Waals surface area contributed by atoms with Crippen molar-refractivity contribution in [2.24, 2.45) is 14.1 Å². The van der Waals surface area contributed by atoms with Crippen molar-refractivity contribution in [1.82, 2.24) is 24.9 Å². The van der Waals surface area contributed by atoms with Gasteiger partial charge in [-0.15, -0.1) is 0 Å². The molecule has 2 aromatic rings. The maximum absolute atomic E-state index is 12.2. The molecule has 0 unspecified atom stereocenters. The van der Waals surface area contributed by atoms with E-state index in [1.165, 1.54) is 0 Å². The van der Waals surface area contributed by atoms with E-state index in [0.717, 1.165) is 23.4 Å². The Labute approximate surface area is 140 Å². The van der Waals surface area contributed by atoms with Crippen LogP contribution in [0.25, 0.3) is 0 Å². The van der Waals surface area contributed by atoms with E-state index >= 15 is 0 Å². The molecular weight excluding hydrogens is 310 g/mol. The van der Waals surface area contributed by atoms with Gasteiger partial charge in [-0.1, -0.05) is 0 Å². The summed E-state index contributed by atoms with van der Waals surface area (Å²) < 4.78 is 14.9. The van der Waals surface area contributed by atoms with Crippen LogP contribution in [0.1, 0.15) is 29.5 Å². The van der Waals surface area contributed by atoms with Crippen molar-refractivity contribution in [3.63, 3.8) is 0 Å². The largest absolute Gasteiger partial charge is 0.480 e. The molecule has 0 aromatic carbocycles. The van der Waals surface area contributed by atoms with Crippen LogP contribution in [0.5, 0.6) is 5.75 Å². The van der Waals surface area contributed by atoms with Gasteiger partial charge in [-0.3, -0.25) is 14.2 Å². The zero-order valence-corrected chi connectivity index (χ0v) is 14.4. The van der Waals surface area contributed by atoms with Gasteiger partial charge < -0.3 is 14.8 Å². The van der Waals surface area contributed by atoms with Crippen LogP contribution in [0.15, 0.2) is 12.4 Å². The highest BCUT2D eigenvalue weighted by atomic mass is 16.5. The van der Waals surface area contributed by atoms with Crippen LogP contribution in [0.2, 0.25) is 0 Å². The molecule has 1 amide bonds. The molecule has 0 radical (unpaired) electrons. The van der Waals surface area contributed by atoms with E-state index in [2.05, 4.69) is 15.5 Å². The van der Waals surface area contributed by atoms with Crippen LogP contribution in [0.4, 0.5) is 0 Å². The fourth-order valence-electron chi connectivity index (χ4n) is 3.00. The summed E-state index contributed by atoms with van der Waals surface area (Å²) in [5.74, 6) is 0.501. The topological polar surface area (TPSA) is 83.2 Å². The Morgan fingerprint density at radius 2 is 2.25 bits per heavy atom. The first-order chi connectivity index (χ1) is 11.5. The van der Waals surface area contributed by atoms with Gasteiger partial charge in [-0.2, -0.15) is 10.2 Å². The second-order valence-electron chi connectivity index (χ2n) is 6.11. The number of amides is 1. The maximum atomic E-state index is 12.2. The summed E-state index contributed by atoms with van der Waals surface area (Å²) in [7, 11) is 3.71. The summed E-state index contributed by atoms with van der Waals surface area (Å²) in [4.78, 5) is 12.2. The lowest BCUT2D eigenvalue weighted by molar-refractivity contribution is -0.124. The minimum absolute atomic E-state index is 0.0381. The lowest BCUT2D eigenvalue weighted by atomic mass is 10.1. The molecule has 0 spiro atoms. The Balaban J connectivity index is 1.58. The van der Waals surface area contributed by atoms with Crippen LogP contribution in [-0.4, -0.2) is 44.7 Å². The van der Waals surface area contributed by atoms with Crippen LogP contribution in [0, 0.1) is 13.8 Å². The fraction of sp³-hybridized carbons (Fsp3) is 0.562. The summed E-state index contributed by atoms with van der Waals surface area (Å²) in [6.45, 7) is 4.36. The fourth-order valence-corrected chi connectivity index (χ4v) is 3.00. The average Bonchev–Trinajstić information content (AvgIpc) is 3.20. The normalized spacial score (nSPS) is 20.3. The van der Waals surface area contributed by atoms with E-state index in [9.17, 15) is 4.79 Å². The highest BCUT2D eigenvalue weighted by Crippen LogP contribution is 2.28. The Morgan fingerprint density at radius 1 is 1.46 bits per heavy atom. The summed E-state index contributed by atoms with van der Waals surface area (Å²) in [5, 5.41) is 11.4. The number of aryl methyl sites for hydroxylation is 3. The SMILES string of the molecule is Cc1nn(C)c(C)c1OCC(=O)N[C@H]1CCO[C@@H]1c1cnn(C)c1. The molecule has 3 rings (SSSR count). The Hall–Kier alpha value is -2.35. The summed E-state index contributed by atoms with van der Waals surface area (Å²) in [5.41, 5.74) is 2.65. The standard InChI is InChI=1S/C16H23N5O3/c1-10-15(11(2)21(4)19-10)24-9-14(22)18-13-5-6-23-16(13)12-7-17-20(3)8-12/h7-8,13,16H,5-6,9H2,1-4H3,(H,18,22)/t13-,16+/m0/s1. The third-order valence-electron chi connectivity index (χ3n) is 4.28. The van der Waals surface area contributed by atoms with Crippen molar-refractivity contribution in [2.75, 3.05) is 13.2 Å². The number of hydrogen-bond acceptors (Lipinski definition) is 5. The van der Waals surface area contributed by atoms with E-state index in [0.29, 0.717) is 12.4 Å². The van der Waals surface area contributed by atoms with Gasteiger partial charge in [0, 0.05) is 32.5 Å². The van der Waals surface area contributed by atoms with Gasteiger partial charge in [-0.25, -0.2) is 0 Å². The smallest absolute Gasteiger partial charge is 0.258 e. The lowest BCUT2D eigenvalue weighted by Gasteiger charge is -2.19. The molecule has 0 bridgehead atoms. The molecule has 0 saturated carbocycles. The quantitative estimate of drug-likeness (QED) is 0.875. The van der Waals surface area contributed by atoms with Crippen molar-refractivity contribution in [1.29, 1.82) is 0 Å². The molecule has 24 heavy (non-hydrogen) atoms. The van der Waals surface area contributed by atoms with E-state index in [4.69, 9.17) is 9.47 Å². The molecule has 1 aliphatic heterocycles. The number of rotatable bonds is 5. The number of aromatic nitrogens is 4. The minimum atomic E-state index is -0.165. The number of ether oxygens (including phenoxy) is 2. The molecule has 2 atom stereocenters. The van der Waals surface area contributed by atoms with Crippen molar-refractivity contribution < 1.29 is 14.3 Å². The number of nitrogens with one attached hydrogen (secondary N) is 1. The first-order valence-electron chi connectivity index (χ1n) is 7.98. The van der Waals surface area contributed by atoms with E-state index in [1.54, 1.807) is 15.6 Å². The van der Waals surface area contributed by atoms with E-state index < -0.39 is 0 Å². The van der Waals surface area contributed by atoms with Gasteiger partial charge in [0.25, 0.3) is 5.91 Å². The number of hydrogen-bond donors (Lipinski definition) is 1. The Bertz CT molecular complexity index is 736. The van der Waals surface area contributed by atoms with Gasteiger partial charge in [0.15, 0.2) is 12.4 Å². The molecule has 1 aliphatic rings. The van der Waals surface area contributed by atoms with Gasteiger partial charge in [0.2, 0.25) is 0 Å². The lowest BCUT2D eigenvalue weighted by Crippen LogP contribution is -2.39. The van der Waals surface area contributed by atoms with Gasteiger partial charge in [-0.05, 0) is 20.3 Å². The molecule has 8 nitrogen and oxygen atoms in total. The second kappa shape index (κ2) is 6.64. The third-order valence-corrected chi connectivity index (χ3v) is 4.28. The Morgan fingerprint density at radius 3 is 2.88 bits per heavy atom. The maximum Gasteiger partial charge on any atom is 0.258 e. The molecule has 1 fully saturated rings. The van der Waals surface area contributed by atoms with E-state index in [-0.39, 0.29) is 24.7 Å². The van der Waals surface area contributed by atoms with Gasteiger partial charge >= 0.3 is 0 Å². The van der Waals surface area contributed by atoms with Crippen LogP contribution >= 0.6 is 0 Å². The van der Waals surface area contributed by atoms with Gasteiger partial charge in [0.05, 0.1) is 17.9 Å². The zero-order chi connectivity index (χ0) is 17.3. The third kappa shape index (κ3) is 3.28. The molecule has 1 saturated heterocycles. The number of carbonyl (C=O) groups is 1. The molecule has 3 heterocycles. The Kier molecular flexibility index (Phi) is 4.57. The van der Waals surface area contributed by atoms with Crippen molar-refractivity contribution in [3.05, 3.63) is 29.3 Å². The van der Waals surface area contributed by atoms with Crippen LogP contribution in [-0.2, 0) is 23.6 Å². The van der Waals surface area contributed by atoms with Gasteiger partial charge in [0.1, 0.15) is 11.8 Å². The summed E-state index contributed by atoms with van der Waals surface area (Å²) >= 11 is 0. The highest BCUT2D eigenvalue weighted by Gasteiger charge is 2.31. The molecule has 2 aromatic heterocycles. The molecule has 130 valence electrons. The van der Waals surface area contributed by atoms with Crippen molar-refractivity contribution in [3.8, 4) is 5.75 Å². The number of carbonyl (C=O) groups excluding carboxylic acids is 1. The molecule has 8 heteroatoms. The summed E-state index contributed by atoms with van der Waals surface area (Å²) in [6, 6.07) is -0.0682. The van der Waals surface area contributed by atoms with Crippen LogP contribution < -0.4 is 10.1 Å². The first kappa shape index (κ1) is 16.5. The summed E-state index contributed by atoms with van der Waals surface area (Å²) in [6.07, 6.45) is 4.29. The van der Waals surface area contributed by atoms with Crippen molar-refractivity contribution in [2.45, 2.75) is 32.4 Å².